The Balaban J connectivity index is 2.25. The fraction of sp³-hybridized carbons (Fsp3) is 0.364. The van der Waals surface area contributed by atoms with Crippen LogP contribution in [0.25, 0.3) is 28.0 Å². The maximum absolute atomic E-state index is 12.8. The molecule has 0 fully saturated rings. The van der Waals surface area contributed by atoms with E-state index in [0.29, 0.717) is 34.5 Å². The monoisotopic (exact) mass is 366 g/mol. The summed E-state index contributed by atoms with van der Waals surface area (Å²) >= 11 is 0. The summed E-state index contributed by atoms with van der Waals surface area (Å²) in [5.41, 5.74) is 0.982. The molecular formula is C22H22O5. The molecule has 0 spiro atoms. The predicted molar refractivity (Wildman–Crippen MR) is 106 cm³/mol. The van der Waals surface area contributed by atoms with Crippen molar-refractivity contribution in [3.63, 3.8) is 0 Å². The SMILES string of the molecule is CCCCc1cc(=O)oc2c1c1c(c3oc(C)cc(=O)c32)C=CC(C)(C)O1. The number of hydrogen-bond donors (Lipinski definition) is 0. The van der Waals surface area contributed by atoms with Crippen LogP contribution in [0.3, 0.4) is 0 Å². The topological polar surface area (TPSA) is 69.7 Å². The van der Waals surface area contributed by atoms with Crippen molar-refractivity contribution in [2.24, 2.45) is 0 Å². The summed E-state index contributed by atoms with van der Waals surface area (Å²) in [5, 5.41) is 0.983. The second-order valence-corrected chi connectivity index (χ2v) is 7.61. The maximum Gasteiger partial charge on any atom is 0.336 e. The van der Waals surface area contributed by atoms with E-state index in [-0.39, 0.29) is 16.4 Å². The van der Waals surface area contributed by atoms with Gasteiger partial charge in [0, 0.05) is 12.1 Å². The quantitative estimate of drug-likeness (QED) is 0.495. The van der Waals surface area contributed by atoms with Crippen LogP contribution in [0, 0.1) is 6.92 Å². The van der Waals surface area contributed by atoms with Crippen LogP contribution in [0.1, 0.15) is 50.5 Å². The molecule has 0 saturated heterocycles. The molecule has 0 atom stereocenters. The largest absolute Gasteiger partial charge is 0.482 e. The molecule has 5 nitrogen and oxygen atoms in total. The van der Waals surface area contributed by atoms with Crippen LogP contribution in [-0.2, 0) is 6.42 Å². The van der Waals surface area contributed by atoms with Gasteiger partial charge in [0.25, 0.3) is 0 Å². The molecule has 0 bridgehead atoms. The van der Waals surface area contributed by atoms with Crippen molar-refractivity contribution in [3.05, 3.63) is 55.7 Å². The third-order valence-corrected chi connectivity index (χ3v) is 4.87. The first-order valence-electron chi connectivity index (χ1n) is 9.26. The predicted octanol–water partition coefficient (Wildman–Crippen LogP) is 4.73. The molecule has 0 unspecified atom stereocenters. The molecular weight excluding hydrogens is 344 g/mol. The van der Waals surface area contributed by atoms with Crippen LogP contribution in [0.2, 0.25) is 0 Å². The summed E-state index contributed by atoms with van der Waals surface area (Å²) in [4.78, 5) is 25.0. The third-order valence-electron chi connectivity index (χ3n) is 4.87. The lowest BCUT2D eigenvalue weighted by Crippen LogP contribution is -2.28. The first kappa shape index (κ1) is 17.6. The van der Waals surface area contributed by atoms with Crippen LogP contribution in [0.15, 0.2) is 36.6 Å². The van der Waals surface area contributed by atoms with E-state index in [2.05, 4.69) is 6.92 Å². The van der Waals surface area contributed by atoms with Gasteiger partial charge in [0.15, 0.2) is 16.6 Å². The minimum Gasteiger partial charge on any atom is -0.482 e. The lowest BCUT2D eigenvalue weighted by molar-refractivity contribution is 0.161. The Kier molecular flexibility index (Phi) is 3.98. The summed E-state index contributed by atoms with van der Waals surface area (Å²) in [6, 6.07) is 2.93. The minimum atomic E-state index is -0.518. The van der Waals surface area contributed by atoms with Gasteiger partial charge >= 0.3 is 5.63 Å². The summed E-state index contributed by atoms with van der Waals surface area (Å²) in [5.74, 6) is 1.10. The summed E-state index contributed by atoms with van der Waals surface area (Å²) < 4.78 is 17.7. The molecule has 1 aliphatic rings. The van der Waals surface area contributed by atoms with Crippen molar-refractivity contribution < 1.29 is 13.6 Å². The smallest absolute Gasteiger partial charge is 0.336 e. The second-order valence-electron chi connectivity index (χ2n) is 7.61. The molecule has 2 aromatic heterocycles. The number of rotatable bonds is 3. The molecule has 3 heterocycles. The summed E-state index contributed by atoms with van der Waals surface area (Å²) in [6.07, 6.45) is 6.49. The van der Waals surface area contributed by atoms with E-state index in [4.69, 9.17) is 13.6 Å². The first-order valence-corrected chi connectivity index (χ1v) is 9.26. The van der Waals surface area contributed by atoms with Gasteiger partial charge in [-0.25, -0.2) is 4.79 Å². The van der Waals surface area contributed by atoms with Crippen LogP contribution in [0.5, 0.6) is 5.75 Å². The summed E-state index contributed by atoms with van der Waals surface area (Å²) in [7, 11) is 0. The Hall–Kier alpha value is -2.82. The van der Waals surface area contributed by atoms with Gasteiger partial charge in [0.2, 0.25) is 0 Å². The molecule has 1 aliphatic heterocycles. The zero-order valence-electron chi connectivity index (χ0n) is 16.0. The number of fused-ring (bicyclic) bond motifs is 6. The average Bonchev–Trinajstić information content (AvgIpc) is 2.57. The highest BCUT2D eigenvalue weighted by Gasteiger charge is 2.29. The van der Waals surface area contributed by atoms with Gasteiger partial charge in [-0.3, -0.25) is 4.79 Å². The Morgan fingerprint density at radius 1 is 1.04 bits per heavy atom. The van der Waals surface area contributed by atoms with Crippen molar-refractivity contribution in [3.8, 4) is 5.75 Å². The van der Waals surface area contributed by atoms with Gasteiger partial charge in [-0.2, -0.15) is 0 Å². The Morgan fingerprint density at radius 3 is 2.56 bits per heavy atom. The number of aryl methyl sites for hydroxylation is 2. The van der Waals surface area contributed by atoms with E-state index in [9.17, 15) is 9.59 Å². The molecule has 5 heteroatoms. The molecule has 140 valence electrons. The van der Waals surface area contributed by atoms with Gasteiger partial charge in [-0.1, -0.05) is 13.3 Å². The van der Waals surface area contributed by atoms with Gasteiger partial charge in [0.05, 0.1) is 10.9 Å². The van der Waals surface area contributed by atoms with Gasteiger partial charge < -0.3 is 13.6 Å². The molecule has 0 N–H and O–H groups in total. The lowest BCUT2D eigenvalue weighted by Gasteiger charge is -2.29. The van der Waals surface area contributed by atoms with E-state index in [1.165, 1.54) is 12.1 Å². The van der Waals surface area contributed by atoms with Crippen LogP contribution < -0.4 is 15.8 Å². The lowest BCUT2D eigenvalue weighted by atomic mass is 9.94. The van der Waals surface area contributed by atoms with Crippen LogP contribution in [0.4, 0.5) is 0 Å². The van der Waals surface area contributed by atoms with Crippen LogP contribution in [-0.4, -0.2) is 5.60 Å². The second kappa shape index (κ2) is 6.12. The van der Waals surface area contributed by atoms with E-state index < -0.39 is 11.2 Å². The van der Waals surface area contributed by atoms with Crippen molar-refractivity contribution in [2.75, 3.05) is 0 Å². The van der Waals surface area contributed by atoms with Crippen molar-refractivity contribution in [1.82, 2.24) is 0 Å². The Morgan fingerprint density at radius 2 is 1.81 bits per heavy atom. The third kappa shape index (κ3) is 2.87. The van der Waals surface area contributed by atoms with E-state index in [1.54, 1.807) is 6.92 Å². The number of ether oxygens (including phenoxy) is 1. The standard InChI is InChI=1S/C22H22O5/c1-5-6-7-13-11-16(24)26-21-17(13)20-14(8-9-22(3,4)27-20)19-18(21)15(23)10-12(2)25-19/h8-11H,5-7H2,1-4H3. The zero-order chi connectivity index (χ0) is 19.3. The number of unbranched alkanes of at least 4 members (excludes halogenated alkanes) is 1. The van der Waals surface area contributed by atoms with Crippen molar-refractivity contribution in [2.45, 2.75) is 52.6 Å². The molecule has 0 saturated carbocycles. The molecule has 0 aliphatic carbocycles. The van der Waals surface area contributed by atoms with Gasteiger partial charge in [0.1, 0.15) is 22.5 Å². The molecule has 0 radical (unpaired) electrons. The first-order chi connectivity index (χ1) is 12.8. The van der Waals surface area contributed by atoms with E-state index in [0.717, 1.165) is 18.4 Å². The van der Waals surface area contributed by atoms with E-state index in [1.807, 2.05) is 26.0 Å². The molecule has 0 amide bonds. The highest BCUT2D eigenvalue weighted by molar-refractivity contribution is 6.10. The normalized spacial score (nSPS) is 15.1. The highest BCUT2D eigenvalue weighted by Crippen LogP contribution is 2.43. The number of hydrogen-bond acceptors (Lipinski definition) is 5. The Bertz CT molecular complexity index is 1210. The highest BCUT2D eigenvalue weighted by atomic mass is 16.5. The van der Waals surface area contributed by atoms with E-state index >= 15 is 0 Å². The van der Waals surface area contributed by atoms with Crippen molar-refractivity contribution in [1.29, 1.82) is 0 Å². The molecule has 1 aromatic carbocycles. The fourth-order valence-electron chi connectivity index (χ4n) is 3.62. The molecule has 4 rings (SSSR count). The number of benzene rings is 1. The van der Waals surface area contributed by atoms with Crippen LogP contribution >= 0.6 is 0 Å². The molecule has 27 heavy (non-hydrogen) atoms. The summed E-state index contributed by atoms with van der Waals surface area (Å²) in [6.45, 7) is 7.74. The van der Waals surface area contributed by atoms with Gasteiger partial charge in [-0.05, 0) is 51.3 Å². The fourth-order valence-corrected chi connectivity index (χ4v) is 3.62. The minimum absolute atomic E-state index is 0.226. The average molecular weight is 366 g/mol. The Labute approximate surface area is 156 Å². The zero-order valence-corrected chi connectivity index (χ0v) is 16.0. The molecule has 3 aromatic rings. The van der Waals surface area contributed by atoms with Gasteiger partial charge in [-0.15, -0.1) is 0 Å². The van der Waals surface area contributed by atoms with Crippen molar-refractivity contribution >= 4 is 28.0 Å². The maximum atomic E-state index is 12.8.